The summed E-state index contributed by atoms with van der Waals surface area (Å²) in [7, 11) is 0. The monoisotopic (exact) mass is 295 g/mol. The van der Waals surface area contributed by atoms with Crippen molar-refractivity contribution < 1.29 is 0 Å². The molecule has 0 aliphatic heterocycles. The Morgan fingerprint density at radius 1 is 1.23 bits per heavy atom. The molecule has 0 saturated heterocycles. The topological polar surface area (TPSA) is 68.2 Å². The van der Waals surface area contributed by atoms with E-state index in [4.69, 9.17) is 5.73 Å². The summed E-state index contributed by atoms with van der Waals surface area (Å²) < 4.78 is 2.00. The van der Waals surface area contributed by atoms with Gasteiger partial charge in [-0.15, -0.1) is 0 Å². The Kier molecular flexibility index (Phi) is 4.23. The first-order valence-electron chi connectivity index (χ1n) is 7.68. The first kappa shape index (κ1) is 14.4. The number of nitrogens with one attached hydrogen (secondary N) is 1. The zero-order valence-electron chi connectivity index (χ0n) is 12.8. The quantitative estimate of drug-likeness (QED) is 0.732. The average Bonchev–Trinajstić information content (AvgIpc) is 2.91. The molecule has 1 aromatic carbocycles. The number of nitrogens with two attached hydrogens (primary N) is 1. The van der Waals surface area contributed by atoms with Crippen LogP contribution in [0.1, 0.15) is 31.0 Å². The average molecular weight is 295 g/mol. The zero-order valence-corrected chi connectivity index (χ0v) is 12.8. The lowest BCUT2D eigenvalue weighted by Crippen LogP contribution is -2.05. The summed E-state index contributed by atoms with van der Waals surface area (Å²) in [5.74, 6) is 1.48. The van der Waals surface area contributed by atoms with E-state index in [0.717, 1.165) is 43.0 Å². The highest BCUT2D eigenvalue weighted by Crippen LogP contribution is 2.23. The van der Waals surface area contributed by atoms with E-state index in [1.807, 2.05) is 28.8 Å². The van der Waals surface area contributed by atoms with Gasteiger partial charge in [0.1, 0.15) is 5.82 Å². The number of imidazole rings is 1. The maximum absolute atomic E-state index is 5.95. The molecular formula is C17H21N5. The molecule has 0 atom stereocenters. The third-order valence-corrected chi connectivity index (χ3v) is 3.71. The molecule has 5 nitrogen and oxygen atoms in total. The lowest BCUT2D eigenvalue weighted by Gasteiger charge is -2.09. The minimum Gasteiger partial charge on any atom is -0.381 e. The molecule has 0 aliphatic carbocycles. The number of benzene rings is 1. The van der Waals surface area contributed by atoms with E-state index in [9.17, 15) is 0 Å². The second kappa shape index (κ2) is 6.47. The minimum atomic E-state index is 0.466. The number of rotatable bonds is 6. The summed E-state index contributed by atoms with van der Waals surface area (Å²) in [6.45, 7) is 2.94. The number of aryl methyl sites for hydroxylation is 1. The number of anilines is 2. The van der Waals surface area contributed by atoms with Crippen molar-refractivity contribution in [2.24, 2.45) is 0 Å². The van der Waals surface area contributed by atoms with Crippen LogP contribution in [-0.2, 0) is 13.0 Å². The first-order valence-corrected chi connectivity index (χ1v) is 7.68. The van der Waals surface area contributed by atoms with Gasteiger partial charge in [0, 0.05) is 18.9 Å². The number of aromatic nitrogens is 3. The highest BCUT2D eigenvalue weighted by molar-refractivity contribution is 5.66. The molecule has 114 valence electrons. The van der Waals surface area contributed by atoms with Crippen LogP contribution in [0.25, 0.3) is 5.65 Å². The van der Waals surface area contributed by atoms with E-state index in [2.05, 4.69) is 34.3 Å². The Hall–Kier alpha value is -2.56. The summed E-state index contributed by atoms with van der Waals surface area (Å²) in [5, 5.41) is 3.51. The van der Waals surface area contributed by atoms with Crippen LogP contribution in [0.5, 0.6) is 0 Å². The Morgan fingerprint density at radius 3 is 2.82 bits per heavy atom. The summed E-state index contributed by atoms with van der Waals surface area (Å²) in [6.07, 6.45) is 6.80. The molecule has 3 rings (SSSR count). The molecule has 0 saturated carbocycles. The fourth-order valence-electron chi connectivity index (χ4n) is 2.53. The molecule has 22 heavy (non-hydrogen) atoms. The molecule has 0 bridgehead atoms. The molecule has 5 heteroatoms. The second-order valence-corrected chi connectivity index (χ2v) is 5.36. The van der Waals surface area contributed by atoms with E-state index < -0.39 is 0 Å². The molecular weight excluding hydrogens is 274 g/mol. The van der Waals surface area contributed by atoms with Crippen molar-refractivity contribution in [2.45, 2.75) is 32.7 Å². The van der Waals surface area contributed by atoms with Gasteiger partial charge in [-0.25, -0.2) is 9.97 Å². The lowest BCUT2D eigenvalue weighted by atomic mass is 10.2. The van der Waals surface area contributed by atoms with Crippen LogP contribution in [0.2, 0.25) is 0 Å². The van der Waals surface area contributed by atoms with E-state index in [1.165, 1.54) is 5.56 Å². The van der Waals surface area contributed by atoms with Gasteiger partial charge in [-0.1, -0.05) is 43.7 Å². The maximum atomic E-state index is 5.95. The molecule has 3 aromatic rings. The van der Waals surface area contributed by atoms with Crippen molar-refractivity contribution in [1.82, 2.24) is 14.4 Å². The molecule has 0 radical (unpaired) electrons. The largest absolute Gasteiger partial charge is 0.381 e. The molecule has 0 aliphatic rings. The second-order valence-electron chi connectivity index (χ2n) is 5.36. The van der Waals surface area contributed by atoms with Crippen LogP contribution >= 0.6 is 0 Å². The number of fused-ring (bicyclic) bond motifs is 1. The first-order chi connectivity index (χ1) is 10.8. The van der Waals surface area contributed by atoms with E-state index >= 15 is 0 Å². The molecule has 2 heterocycles. The third kappa shape index (κ3) is 2.88. The van der Waals surface area contributed by atoms with Gasteiger partial charge in [-0.05, 0) is 18.4 Å². The van der Waals surface area contributed by atoms with Gasteiger partial charge in [0.15, 0.2) is 11.5 Å². The van der Waals surface area contributed by atoms with Crippen molar-refractivity contribution in [3.05, 3.63) is 54.0 Å². The van der Waals surface area contributed by atoms with Gasteiger partial charge in [0.25, 0.3) is 0 Å². The van der Waals surface area contributed by atoms with E-state index in [1.54, 1.807) is 6.20 Å². The Bertz CT molecular complexity index is 748. The van der Waals surface area contributed by atoms with Gasteiger partial charge in [-0.2, -0.15) is 0 Å². The van der Waals surface area contributed by atoms with Crippen LogP contribution in [-0.4, -0.2) is 14.4 Å². The highest BCUT2D eigenvalue weighted by atomic mass is 15.2. The SMILES string of the molecule is CCCCc1nc2c(N)nccn2c1NCc1ccccc1. The van der Waals surface area contributed by atoms with Crippen LogP contribution in [0, 0.1) is 0 Å². The molecule has 0 unspecified atom stereocenters. The number of nitrogens with zero attached hydrogens (tertiary/aromatic N) is 3. The van der Waals surface area contributed by atoms with E-state index in [-0.39, 0.29) is 0 Å². The van der Waals surface area contributed by atoms with Gasteiger partial charge in [-0.3, -0.25) is 4.40 Å². The Labute approximate surface area is 130 Å². The number of nitrogen functional groups attached to an aromatic ring is 1. The zero-order chi connectivity index (χ0) is 15.4. The van der Waals surface area contributed by atoms with Crippen LogP contribution in [0.15, 0.2) is 42.7 Å². The summed E-state index contributed by atoms with van der Waals surface area (Å²) in [6, 6.07) is 10.3. The van der Waals surface area contributed by atoms with Crippen molar-refractivity contribution in [3.8, 4) is 0 Å². The van der Waals surface area contributed by atoms with Crippen LogP contribution < -0.4 is 11.1 Å². The Morgan fingerprint density at radius 2 is 2.05 bits per heavy atom. The van der Waals surface area contributed by atoms with Crippen LogP contribution in [0.3, 0.4) is 0 Å². The highest BCUT2D eigenvalue weighted by Gasteiger charge is 2.13. The lowest BCUT2D eigenvalue weighted by molar-refractivity contribution is 0.781. The van der Waals surface area contributed by atoms with Crippen molar-refractivity contribution in [3.63, 3.8) is 0 Å². The molecule has 2 aromatic heterocycles. The number of hydrogen-bond donors (Lipinski definition) is 2. The fourth-order valence-corrected chi connectivity index (χ4v) is 2.53. The van der Waals surface area contributed by atoms with Crippen molar-refractivity contribution >= 4 is 17.3 Å². The van der Waals surface area contributed by atoms with Crippen LogP contribution in [0.4, 0.5) is 11.6 Å². The predicted molar refractivity (Wildman–Crippen MR) is 89.8 cm³/mol. The molecule has 0 amide bonds. The molecule has 0 fully saturated rings. The molecule has 0 spiro atoms. The third-order valence-electron chi connectivity index (χ3n) is 3.71. The predicted octanol–water partition coefficient (Wildman–Crippen LogP) is 3.27. The summed E-state index contributed by atoms with van der Waals surface area (Å²) in [5.41, 5.74) is 8.97. The summed E-state index contributed by atoms with van der Waals surface area (Å²) in [4.78, 5) is 8.80. The Balaban J connectivity index is 1.93. The minimum absolute atomic E-state index is 0.466. The van der Waals surface area contributed by atoms with Gasteiger partial charge in [0.05, 0.1) is 5.69 Å². The van der Waals surface area contributed by atoms with Crippen molar-refractivity contribution in [2.75, 3.05) is 11.1 Å². The summed E-state index contributed by atoms with van der Waals surface area (Å²) >= 11 is 0. The van der Waals surface area contributed by atoms with Crippen molar-refractivity contribution in [1.29, 1.82) is 0 Å². The fraction of sp³-hybridized carbons (Fsp3) is 0.294. The standard InChI is InChI=1S/C17H21N5/c1-2-3-9-14-16(20-12-13-7-5-4-6-8-13)22-11-10-19-15(18)17(22)21-14/h4-8,10-11,20H,2-3,9,12H2,1H3,(H2,18,19). The molecule has 3 N–H and O–H groups in total. The number of unbranched alkanes of at least 4 members (excludes halogenated alkanes) is 1. The van der Waals surface area contributed by atoms with E-state index in [0.29, 0.717) is 5.82 Å². The normalized spacial score (nSPS) is 11.0. The van der Waals surface area contributed by atoms with Gasteiger partial charge >= 0.3 is 0 Å². The van der Waals surface area contributed by atoms with Gasteiger partial charge < -0.3 is 11.1 Å². The smallest absolute Gasteiger partial charge is 0.181 e. The van der Waals surface area contributed by atoms with Gasteiger partial charge in [0.2, 0.25) is 0 Å². The maximum Gasteiger partial charge on any atom is 0.181 e. The number of hydrogen-bond acceptors (Lipinski definition) is 4.